The van der Waals surface area contributed by atoms with E-state index in [9.17, 15) is 28.8 Å². The Labute approximate surface area is 227 Å². The van der Waals surface area contributed by atoms with Gasteiger partial charge in [-0.3, -0.25) is 28.8 Å². The smallest absolute Gasteiger partial charge is 0.244 e. The molecule has 0 saturated carbocycles. The van der Waals surface area contributed by atoms with Crippen molar-refractivity contribution in [3.05, 3.63) is 18.2 Å². The summed E-state index contributed by atoms with van der Waals surface area (Å²) in [6.45, 7) is 6.13. The third-order valence-electron chi connectivity index (χ3n) is 5.52. The van der Waals surface area contributed by atoms with Crippen LogP contribution in [0.25, 0.3) is 0 Å². The van der Waals surface area contributed by atoms with E-state index in [2.05, 4.69) is 36.6 Å². The quantitative estimate of drug-likeness (QED) is 0.194. The van der Waals surface area contributed by atoms with Gasteiger partial charge in [-0.1, -0.05) is 35.4 Å². The fraction of sp³-hybridized carbons (Fsp3) is 0.591. The molecule has 1 aliphatic rings. The van der Waals surface area contributed by atoms with Crippen LogP contribution in [-0.4, -0.2) is 87.1 Å². The van der Waals surface area contributed by atoms with Crippen molar-refractivity contribution >= 4 is 57.0 Å². The number of imidazole rings is 1. The molecule has 38 heavy (non-hydrogen) atoms. The molecule has 1 aromatic rings. The lowest BCUT2D eigenvalue weighted by atomic mass is 10.0. The van der Waals surface area contributed by atoms with Crippen molar-refractivity contribution < 1.29 is 28.8 Å². The number of H-pyrrole nitrogens is 1. The molecule has 16 heteroatoms. The number of carbonyl (C=O) groups excluding carboxylic acids is 6. The summed E-state index contributed by atoms with van der Waals surface area (Å²) in [5.41, 5.74) is 6.02. The molecule has 2 rings (SSSR count). The number of aromatic amines is 1. The first-order valence-corrected chi connectivity index (χ1v) is 14.4. The highest BCUT2D eigenvalue weighted by molar-refractivity contribution is 8.76. The van der Waals surface area contributed by atoms with Gasteiger partial charge in [0.25, 0.3) is 0 Å². The van der Waals surface area contributed by atoms with Crippen LogP contribution in [0.2, 0.25) is 0 Å². The van der Waals surface area contributed by atoms with Gasteiger partial charge in [-0.25, -0.2) is 4.98 Å². The van der Waals surface area contributed by atoms with Gasteiger partial charge in [0.2, 0.25) is 35.4 Å². The number of nitrogens with zero attached hydrogens (tertiary/aromatic N) is 1. The van der Waals surface area contributed by atoms with Gasteiger partial charge in [-0.2, -0.15) is 0 Å². The Hall–Kier alpha value is -3.27. The van der Waals surface area contributed by atoms with Crippen molar-refractivity contribution in [2.75, 3.05) is 11.5 Å². The zero-order valence-electron chi connectivity index (χ0n) is 21.5. The molecule has 1 fully saturated rings. The molecule has 5 unspecified atom stereocenters. The summed E-state index contributed by atoms with van der Waals surface area (Å²) in [5, 5.41) is 12.9. The van der Waals surface area contributed by atoms with Gasteiger partial charge in [-0.05, 0) is 12.8 Å². The van der Waals surface area contributed by atoms with Crippen LogP contribution in [0.3, 0.4) is 0 Å². The average Bonchev–Trinajstić information content (AvgIpc) is 3.34. The maximum Gasteiger partial charge on any atom is 0.244 e. The SMILES string of the molecule is CC(=O)NC1CSSCC(C(N)=O)NC(=O)C(C(C)C)NC(=O)C(C)NC(=O)C(Cc2cnc[nH]2)NC1=O. The highest BCUT2D eigenvalue weighted by atomic mass is 33.1. The summed E-state index contributed by atoms with van der Waals surface area (Å²) in [6.07, 6.45) is 2.96. The molecule has 5 atom stereocenters. The third-order valence-corrected chi connectivity index (χ3v) is 7.94. The van der Waals surface area contributed by atoms with Crippen molar-refractivity contribution in [3.8, 4) is 0 Å². The van der Waals surface area contributed by atoms with Crippen LogP contribution in [-0.2, 0) is 35.2 Å². The maximum absolute atomic E-state index is 13.1. The summed E-state index contributed by atoms with van der Waals surface area (Å²) in [7, 11) is 2.35. The molecule has 1 saturated heterocycles. The van der Waals surface area contributed by atoms with E-state index in [0.29, 0.717) is 5.69 Å². The number of nitrogens with one attached hydrogen (secondary N) is 6. The number of carbonyl (C=O) groups is 6. The van der Waals surface area contributed by atoms with Crippen LogP contribution in [0.15, 0.2) is 12.5 Å². The first kappa shape index (κ1) is 31.0. The molecule has 0 bridgehead atoms. The number of hydrogen-bond acceptors (Lipinski definition) is 9. The highest BCUT2D eigenvalue weighted by Crippen LogP contribution is 2.23. The number of aromatic nitrogens is 2. The lowest BCUT2D eigenvalue weighted by molar-refractivity contribution is -0.135. The van der Waals surface area contributed by atoms with Gasteiger partial charge in [0, 0.05) is 36.7 Å². The van der Waals surface area contributed by atoms with Crippen LogP contribution >= 0.6 is 21.6 Å². The number of hydrogen-bond donors (Lipinski definition) is 7. The largest absolute Gasteiger partial charge is 0.368 e. The Morgan fingerprint density at radius 2 is 1.71 bits per heavy atom. The van der Waals surface area contributed by atoms with Crippen molar-refractivity contribution in [2.45, 2.75) is 64.3 Å². The minimum Gasteiger partial charge on any atom is -0.368 e. The van der Waals surface area contributed by atoms with E-state index in [1.165, 1.54) is 48.0 Å². The first-order chi connectivity index (χ1) is 17.9. The molecular formula is C22H34N8O6S2. The van der Waals surface area contributed by atoms with E-state index in [-0.39, 0.29) is 23.8 Å². The molecule has 0 aromatic carbocycles. The normalized spacial score (nSPS) is 26.4. The van der Waals surface area contributed by atoms with E-state index >= 15 is 0 Å². The number of amides is 6. The molecule has 1 aliphatic heterocycles. The second-order valence-electron chi connectivity index (χ2n) is 9.09. The Morgan fingerprint density at radius 1 is 1.03 bits per heavy atom. The predicted molar refractivity (Wildman–Crippen MR) is 142 cm³/mol. The van der Waals surface area contributed by atoms with Crippen molar-refractivity contribution in [1.29, 1.82) is 0 Å². The molecule has 0 aliphatic carbocycles. The van der Waals surface area contributed by atoms with Gasteiger partial charge in [-0.15, -0.1) is 0 Å². The molecule has 0 radical (unpaired) electrons. The molecular weight excluding hydrogens is 536 g/mol. The summed E-state index contributed by atoms with van der Waals surface area (Å²) in [5.74, 6) is -3.89. The Balaban J connectivity index is 2.36. The van der Waals surface area contributed by atoms with Crippen molar-refractivity contribution in [3.63, 3.8) is 0 Å². The van der Waals surface area contributed by atoms with Crippen LogP contribution in [0.4, 0.5) is 0 Å². The van der Waals surface area contributed by atoms with Crippen molar-refractivity contribution in [1.82, 2.24) is 36.6 Å². The van der Waals surface area contributed by atoms with E-state index in [1.807, 2.05) is 0 Å². The van der Waals surface area contributed by atoms with Gasteiger partial charge < -0.3 is 37.3 Å². The fourth-order valence-corrected chi connectivity index (χ4v) is 5.75. The van der Waals surface area contributed by atoms with Crippen molar-refractivity contribution in [2.24, 2.45) is 11.7 Å². The summed E-state index contributed by atoms with van der Waals surface area (Å²) in [4.78, 5) is 82.6. The van der Waals surface area contributed by atoms with Gasteiger partial charge in [0.15, 0.2) is 0 Å². The average molecular weight is 571 g/mol. The topological polar surface area (TPSA) is 217 Å². The molecule has 2 heterocycles. The molecule has 210 valence electrons. The van der Waals surface area contributed by atoms with Crippen LogP contribution in [0.5, 0.6) is 0 Å². The maximum atomic E-state index is 13.1. The van der Waals surface area contributed by atoms with Crippen LogP contribution in [0, 0.1) is 5.92 Å². The second-order valence-corrected chi connectivity index (χ2v) is 11.6. The summed E-state index contributed by atoms with van der Waals surface area (Å²) in [6, 6.07) is -5.23. The third kappa shape index (κ3) is 9.55. The fourth-order valence-electron chi connectivity index (χ4n) is 3.41. The van der Waals surface area contributed by atoms with E-state index in [1.54, 1.807) is 13.8 Å². The summed E-state index contributed by atoms with van der Waals surface area (Å²) < 4.78 is 0. The molecule has 6 amide bonds. The zero-order chi connectivity index (χ0) is 28.4. The van der Waals surface area contributed by atoms with Gasteiger partial charge >= 0.3 is 0 Å². The summed E-state index contributed by atoms with van der Waals surface area (Å²) >= 11 is 0. The predicted octanol–water partition coefficient (Wildman–Crippen LogP) is -2.05. The highest BCUT2D eigenvalue weighted by Gasteiger charge is 2.32. The minimum atomic E-state index is -1.11. The lowest BCUT2D eigenvalue weighted by Gasteiger charge is -2.26. The van der Waals surface area contributed by atoms with Crippen LogP contribution in [0.1, 0.15) is 33.4 Å². The zero-order valence-corrected chi connectivity index (χ0v) is 23.2. The first-order valence-electron chi connectivity index (χ1n) is 11.9. The molecule has 0 spiro atoms. The molecule has 8 N–H and O–H groups in total. The monoisotopic (exact) mass is 570 g/mol. The van der Waals surface area contributed by atoms with E-state index in [0.717, 1.165) is 0 Å². The van der Waals surface area contributed by atoms with Gasteiger partial charge in [0.1, 0.15) is 30.2 Å². The Bertz CT molecular complexity index is 1020. The van der Waals surface area contributed by atoms with Crippen LogP contribution < -0.4 is 32.3 Å². The van der Waals surface area contributed by atoms with E-state index in [4.69, 9.17) is 5.73 Å². The van der Waals surface area contributed by atoms with Gasteiger partial charge in [0.05, 0.1) is 6.33 Å². The molecule has 14 nitrogen and oxygen atoms in total. The Morgan fingerprint density at radius 3 is 2.29 bits per heavy atom. The number of rotatable bonds is 5. The molecule has 1 aromatic heterocycles. The Kier molecular flexibility index (Phi) is 11.9. The minimum absolute atomic E-state index is 0.0396. The number of primary amides is 1. The number of nitrogens with two attached hydrogens (primary N) is 1. The second kappa shape index (κ2) is 14.6. The lowest BCUT2D eigenvalue weighted by Crippen LogP contribution is -2.59. The standard InChI is InChI=1S/C22H34N8O6S2/c1-10(2)17-22(36)29-15(18(23)32)7-37-38-8-16(27-12(4)31)21(35)28-14(5-13-6-24-9-25-13)20(34)26-11(3)19(33)30-17/h6,9-11,14-17H,5,7-8H2,1-4H3,(H2,23,32)(H,24,25)(H,26,34)(H,27,31)(H,28,35)(H,29,36)(H,30,33). The van der Waals surface area contributed by atoms with E-state index < -0.39 is 65.7 Å².